The third kappa shape index (κ3) is 3.34. The van der Waals surface area contributed by atoms with Crippen LogP contribution in [-0.4, -0.2) is 25.3 Å². The van der Waals surface area contributed by atoms with Gasteiger partial charge in [0.25, 0.3) is 0 Å². The number of hydrogen-bond acceptors (Lipinski definition) is 6. The summed E-state index contributed by atoms with van der Waals surface area (Å²) in [6.45, 7) is 1.95. The number of H-pyrrole nitrogens is 1. The SMILES string of the molecule is C#Cc1cnc(-c2ccc([C@@H](O)CC)s2)nc1Nc1cc(C2CC2)[nH]n1.[HH]. The van der Waals surface area contributed by atoms with Crippen molar-refractivity contribution in [1.29, 1.82) is 0 Å². The molecule has 1 saturated carbocycles. The predicted octanol–water partition coefficient (Wildman–Crippen LogP) is 4.22. The van der Waals surface area contributed by atoms with Crippen LogP contribution in [0.3, 0.4) is 0 Å². The van der Waals surface area contributed by atoms with Gasteiger partial charge in [-0.1, -0.05) is 12.8 Å². The fraction of sp³-hybridized carbons (Fsp3) is 0.316. The summed E-state index contributed by atoms with van der Waals surface area (Å²) >= 11 is 1.49. The lowest BCUT2D eigenvalue weighted by molar-refractivity contribution is 0.177. The van der Waals surface area contributed by atoms with E-state index in [1.165, 1.54) is 24.2 Å². The fourth-order valence-corrected chi connectivity index (χ4v) is 3.70. The Labute approximate surface area is 157 Å². The fourth-order valence-electron chi connectivity index (χ4n) is 2.68. The van der Waals surface area contributed by atoms with Crippen molar-refractivity contribution in [2.75, 3.05) is 5.32 Å². The van der Waals surface area contributed by atoms with Crippen molar-refractivity contribution < 1.29 is 6.53 Å². The van der Waals surface area contributed by atoms with E-state index >= 15 is 0 Å². The highest BCUT2D eigenvalue weighted by molar-refractivity contribution is 7.15. The van der Waals surface area contributed by atoms with Gasteiger partial charge in [0.1, 0.15) is 0 Å². The first-order chi connectivity index (χ1) is 12.7. The molecule has 3 N–H and O–H groups in total. The van der Waals surface area contributed by atoms with Gasteiger partial charge < -0.3 is 10.4 Å². The Kier molecular flexibility index (Phi) is 4.45. The molecule has 26 heavy (non-hydrogen) atoms. The Balaban J connectivity index is 0.00000210. The minimum absolute atomic E-state index is 0. The highest BCUT2D eigenvalue weighted by Gasteiger charge is 2.25. The highest BCUT2D eigenvalue weighted by Crippen LogP contribution is 2.39. The number of nitrogens with one attached hydrogen (secondary N) is 2. The van der Waals surface area contributed by atoms with Crippen LogP contribution in [0.15, 0.2) is 24.4 Å². The van der Waals surface area contributed by atoms with Crippen molar-refractivity contribution in [2.24, 2.45) is 0 Å². The zero-order chi connectivity index (χ0) is 18.1. The smallest absolute Gasteiger partial charge is 0.171 e. The van der Waals surface area contributed by atoms with Crippen molar-refractivity contribution in [1.82, 2.24) is 20.2 Å². The number of terminal acetylenes is 1. The first-order valence-corrected chi connectivity index (χ1v) is 9.43. The van der Waals surface area contributed by atoms with E-state index < -0.39 is 6.10 Å². The van der Waals surface area contributed by atoms with Crippen molar-refractivity contribution in [2.45, 2.75) is 38.2 Å². The Bertz CT molecular complexity index is 973. The lowest BCUT2D eigenvalue weighted by Crippen LogP contribution is -2.00. The van der Waals surface area contributed by atoms with Crippen molar-refractivity contribution in [3.8, 4) is 23.0 Å². The first-order valence-electron chi connectivity index (χ1n) is 8.62. The Hall–Kier alpha value is -2.69. The number of rotatable bonds is 6. The average Bonchev–Trinajstić information content (AvgIpc) is 3.21. The third-order valence-corrected chi connectivity index (χ3v) is 5.55. The molecule has 1 aliphatic rings. The molecule has 3 aromatic heterocycles. The number of anilines is 2. The topological polar surface area (TPSA) is 86.7 Å². The minimum atomic E-state index is -0.457. The number of aliphatic hydroxyl groups is 1. The van der Waals surface area contributed by atoms with Gasteiger partial charge in [0.2, 0.25) is 0 Å². The Morgan fingerprint density at radius 1 is 1.50 bits per heavy atom. The van der Waals surface area contributed by atoms with Crippen LogP contribution in [-0.2, 0) is 0 Å². The van der Waals surface area contributed by atoms with Crippen LogP contribution in [0.2, 0.25) is 0 Å². The predicted molar refractivity (Wildman–Crippen MR) is 104 cm³/mol. The minimum Gasteiger partial charge on any atom is -0.388 e. The van der Waals surface area contributed by atoms with Gasteiger partial charge in [0.05, 0.1) is 16.5 Å². The van der Waals surface area contributed by atoms with Crippen LogP contribution in [0.25, 0.3) is 10.7 Å². The maximum absolute atomic E-state index is 9.99. The van der Waals surface area contributed by atoms with Gasteiger partial charge in [0.15, 0.2) is 17.5 Å². The van der Waals surface area contributed by atoms with Crippen molar-refractivity contribution >= 4 is 23.0 Å². The van der Waals surface area contributed by atoms with Gasteiger partial charge in [0, 0.05) is 30.2 Å². The second-order valence-corrected chi connectivity index (χ2v) is 7.45. The molecule has 3 aromatic rings. The zero-order valence-corrected chi connectivity index (χ0v) is 15.2. The Morgan fingerprint density at radius 3 is 3.08 bits per heavy atom. The molecular formula is C19H21N5OS. The monoisotopic (exact) mass is 367 g/mol. The molecule has 1 atom stereocenters. The standard InChI is InChI=1S/C19H19N5OS.H2/c1-3-11-10-20-19(16-8-7-15(26-16)14(25)4-2)22-18(11)21-17-9-13(23-24-17)12-5-6-12;/h1,7-10,12,14,25H,4-6H2,2H3,(H2,20,21,22,23,24);1H/t14-;/m0./s1. The molecule has 1 fully saturated rings. The molecule has 7 heteroatoms. The summed E-state index contributed by atoms with van der Waals surface area (Å²) in [5, 5.41) is 20.5. The number of aliphatic hydroxyl groups excluding tert-OH is 1. The molecule has 0 spiro atoms. The van der Waals surface area contributed by atoms with E-state index in [2.05, 4.69) is 31.4 Å². The number of thiophene rings is 1. The molecule has 0 aromatic carbocycles. The molecular weight excluding hydrogens is 346 g/mol. The van der Waals surface area contributed by atoms with Gasteiger partial charge in [-0.25, -0.2) is 9.97 Å². The normalized spacial score (nSPS) is 14.8. The van der Waals surface area contributed by atoms with Gasteiger partial charge in [-0.2, -0.15) is 5.10 Å². The zero-order valence-electron chi connectivity index (χ0n) is 14.4. The molecule has 1 aliphatic carbocycles. The molecule has 0 radical (unpaired) electrons. The summed E-state index contributed by atoms with van der Waals surface area (Å²) in [5.74, 6) is 5.03. The summed E-state index contributed by atoms with van der Waals surface area (Å²) < 4.78 is 0. The molecule has 0 saturated heterocycles. The summed E-state index contributed by atoms with van der Waals surface area (Å²) in [4.78, 5) is 10.8. The lowest BCUT2D eigenvalue weighted by atomic mass is 10.2. The van der Waals surface area contributed by atoms with Crippen LogP contribution in [0, 0.1) is 12.3 Å². The van der Waals surface area contributed by atoms with E-state index in [9.17, 15) is 5.11 Å². The maximum atomic E-state index is 9.99. The molecule has 134 valence electrons. The summed E-state index contributed by atoms with van der Waals surface area (Å²) in [6.07, 6.45) is 9.85. The molecule has 0 bridgehead atoms. The second kappa shape index (κ2) is 6.90. The summed E-state index contributed by atoms with van der Waals surface area (Å²) in [5.41, 5.74) is 1.72. The van der Waals surface area contributed by atoms with E-state index in [4.69, 9.17) is 6.42 Å². The number of hydrogen-bond donors (Lipinski definition) is 3. The Morgan fingerprint density at radius 2 is 2.35 bits per heavy atom. The highest BCUT2D eigenvalue weighted by atomic mass is 32.1. The van der Waals surface area contributed by atoms with E-state index in [1.54, 1.807) is 6.20 Å². The summed E-state index contributed by atoms with van der Waals surface area (Å²) in [7, 11) is 0. The van der Waals surface area contributed by atoms with Crippen LogP contribution < -0.4 is 5.32 Å². The van der Waals surface area contributed by atoms with E-state index in [0.29, 0.717) is 35.4 Å². The number of aromatic amines is 1. The van der Waals surface area contributed by atoms with Gasteiger partial charge in [-0.3, -0.25) is 5.10 Å². The van der Waals surface area contributed by atoms with Crippen molar-refractivity contribution in [3.63, 3.8) is 0 Å². The average molecular weight is 367 g/mol. The van der Waals surface area contributed by atoms with Crippen LogP contribution in [0.4, 0.5) is 11.6 Å². The summed E-state index contributed by atoms with van der Waals surface area (Å²) in [6, 6.07) is 5.84. The molecule has 0 unspecified atom stereocenters. The maximum Gasteiger partial charge on any atom is 0.171 e. The molecule has 0 amide bonds. The number of nitrogens with zero attached hydrogens (tertiary/aromatic N) is 3. The molecule has 3 heterocycles. The molecule has 6 nitrogen and oxygen atoms in total. The van der Waals surface area contributed by atoms with E-state index in [1.807, 2.05) is 25.1 Å². The lowest BCUT2D eigenvalue weighted by Gasteiger charge is -2.06. The van der Waals surface area contributed by atoms with E-state index in [0.717, 1.165) is 15.4 Å². The van der Waals surface area contributed by atoms with Gasteiger partial charge >= 0.3 is 0 Å². The van der Waals surface area contributed by atoms with Crippen LogP contribution in [0.1, 0.15) is 55.8 Å². The van der Waals surface area contributed by atoms with E-state index in [-0.39, 0.29) is 1.43 Å². The molecule has 0 aliphatic heterocycles. The first kappa shape index (κ1) is 16.8. The quantitative estimate of drug-likeness (QED) is 0.568. The van der Waals surface area contributed by atoms with Crippen molar-refractivity contribution in [3.05, 3.63) is 40.5 Å². The van der Waals surface area contributed by atoms with Gasteiger partial charge in [-0.05, 0) is 31.4 Å². The van der Waals surface area contributed by atoms with Crippen LogP contribution in [0.5, 0.6) is 0 Å². The second-order valence-electron chi connectivity index (χ2n) is 6.33. The van der Waals surface area contributed by atoms with Crippen LogP contribution >= 0.6 is 11.3 Å². The number of aromatic nitrogens is 4. The third-order valence-electron chi connectivity index (χ3n) is 4.37. The largest absolute Gasteiger partial charge is 0.388 e. The van der Waals surface area contributed by atoms with Gasteiger partial charge in [-0.15, -0.1) is 17.8 Å². The molecule has 4 rings (SSSR count).